The van der Waals surface area contributed by atoms with Crippen molar-refractivity contribution in [3.63, 3.8) is 0 Å². The number of rotatable bonds is 2. The Morgan fingerprint density at radius 3 is 2.35 bits per heavy atom. The smallest absolute Gasteiger partial charge is 0.106 e. The van der Waals surface area contributed by atoms with Gasteiger partial charge in [-0.25, -0.2) is 0 Å². The lowest BCUT2D eigenvalue weighted by molar-refractivity contribution is 0.221. The highest BCUT2D eigenvalue weighted by Gasteiger charge is 2.14. The highest BCUT2D eigenvalue weighted by molar-refractivity contribution is 5.57. The first-order valence-corrected chi connectivity index (χ1v) is 5.69. The molecule has 0 aromatic heterocycles. The zero-order valence-corrected chi connectivity index (χ0v) is 10.1. The van der Waals surface area contributed by atoms with Gasteiger partial charge in [0.25, 0.3) is 0 Å². The minimum absolute atomic E-state index is 0.658. The van der Waals surface area contributed by atoms with Gasteiger partial charge in [0.05, 0.1) is 0 Å². The van der Waals surface area contributed by atoms with E-state index in [0.29, 0.717) is 5.69 Å². The quantitative estimate of drug-likeness (QED) is 0.775. The summed E-state index contributed by atoms with van der Waals surface area (Å²) in [5.74, 6) is 0. The summed E-state index contributed by atoms with van der Waals surface area (Å²) in [5, 5.41) is 10.3. The third-order valence-corrected chi connectivity index (χ3v) is 2.97. The molecule has 0 aliphatic heterocycles. The molecule has 0 radical (unpaired) electrons. The normalized spacial score (nSPS) is 12.4. The van der Waals surface area contributed by atoms with Crippen LogP contribution in [0.2, 0.25) is 0 Å². The molecule has 0 heterocycles. The fourth-order valence-electron chi connectivity index (χ4n) is 2.05. The lowest BCUT2D eigenvalue weighted by Gasteiger charge is -2.16. The first-order chi connectivity index (χ1) is 8.09. The van der Waals surface area contributed by atoms with Gasteiger partial charge in [-0.3, -0.25) is 0 Å². The summed E-state index contributed by atoms with van der Waals surface area (Å²) < 4.78 is 0. The van der Waals surface area contributed by atoms with Gasteiger partial charge in [0.1, 0.15) is 6.10 Å². The maximum Gasteiger partial charge on any atom is 0.106 e. The molecule has 0 spiro atoms. The molecule has 0 saturated heterocycles. The van der Waals surface area contributed by atoms with Crippen molar-refractivity contribution in [3.8, 4) is 0 Å². The SMILES string of the molecule is Cc1cc(C)c(N)c([C@H](O)c2ccccc2)c1. The third kappa shape index (κ3) is 2.32. The van der Waals surface area contributed by atoms with E-state index in [0.717, 1.165) is 22.3 Å². The Hall–Kier alpha value is -1.80. The van der Waals surface area contributed by atoms with Crippen molar-refractivity contribution in [1.29, 1.82) is 0 Å². The van der Waals surface area contributed by atoms with Crippen LogP contribution in [0.1, 0.15) is 28.4 Å². The summed E-state index contributed by atoms with van der Waals surface area (Å²) >= 11 is 0. The molecule has 2 aromatic carbocycles. The van der Waals surface area contributed by atoms with Crippen LogP contribution in [-0.2, 0) is 0 Å². The van der Waals surface area contributed by atoms with Crippen molar-refractivity contribution in [2.45, 2.75) is 20.0 Å². The van der Waals surface area contributed by atoms with Gasteiger partial charge in [0.15, 0.2) is 0 Å². The van der Waals surface area contributed by atoms with Gasteiger partial charge >= 0.3 is 0 Å². The predicted molar refractivity (Wildman–Crippen MR) is 70.8 cm³/mol. The van der Waals surface area contributed by atoms with Crippen molar-refractivity contribution >= 4 is 5.69 Å². The number of aryl methyl sites for hydroxylation is 2. The van der Waals surface area contributed by atoms with E-state index in [9.17, 15) is 5.11 Å². The van der Waals surface area contributed by atoms with Gasteiger partial charge in [-0.1, -0.05) is 48.0 Å². The molecule has 0 unspecified atom stereocenters. The van der Waals surface area contributed by atoms with Gasteiger partial charge in [0, 0.05) is 11.3 Å². The van der Waals surface area contributed by atoms with Crippen LogP contribution < -0.4 is 5.73 Å². The van der Waals surface area contributed by atoms with Gasteiger partial charge in [0.2, 0.25) is 0 Å². The van der Waals surface area contributed by atoms with Crippen LogP contribution in [-0.4, -0.2) is 5.11 Å². The Bertz CT molecular complexity index is 520. The number of benzene rings is 2. The maximum atomic E-state index is 10.3. The van der Waals surface area contributed by atoms with Gasteiger partial charge < -0.3 is 10.8 Å². The van der Waals surface area contributed by atoms with E-state index >= 15 is 0 Å². The number of hydrogen-bond acceptors (Lipinski definition) is 2. The highest BCUT2D eigenvalue weighted by Crippen LogP contribution is 2.29. The van der Waals surface area contributed by atoms with Crippen LogP contribution in [0.25, 0.3) is 0 Å². The van der Waals surface area contributed by atoms with Crippen molar-refractivity contribution in [1.82, 2.24) is 0 Å². The molecule has 88 valence electrons. The monoisotopic (exact) mass is 227 g/mol. The number of anilines is 1. The Morgan fingerprint density at radius 1 is 1.06 bits per heavy atom. The highest BCUT2D eigenvalue weighted by atomic mass is 16.3. The lowest BCUT2D eigenvalue weighted by atomic mass is 9.96. The molecule has 17 heavy (non-hydrogen) atoms. The second-order valence-electron chi connectivity index (χ2n) is 4.40. The van der Waals surface area contributed by atoms with E-state index in [1.54, 1.807) is 0 Å². The molecule has 1 atom stereocenters. The predicted octanol–water partition coefficient (Wildman–Crippen LogP) is 2.97. The van der Waals surface area contributed by atoms with Gasteiger partial charge in [-0.2, -0.15) is 0 Å². The zero-order chi connectivity index (χ0) is 12.4. The number of aliphatic hydroxyl groups excluding tert-OH is 1. The van der Waals surface area contributed by atoms with Crippen molar-refractivity contribution in [3.05, 3.63) is 64.7 Å². The van der Waals surface area contributed by atoms with E-state index in [-0.39, 0.29) is 0 Å². The van der Waals surface area contributed by atoms with Crippen molar-refractivity contribution in [2.75, 3.05) is 5.73 Å². The first-order valence-electron chi connectivity index (χ1n) is 5.69. The molecule has 3 N–H and O–H groups in total. The summed E-state index contributed by atoms with van der Waals surface area (Å²) in [7, 11) is 0. The third-order valence-electron chi connectivity index (χ3n) is 2.97. The Kier molecular flexibility index (Phi) is 3.16. The fraction of sp³-hybridized carbons (Fsp3) is 0.200. The first kappa shape index (κ1) is 11.7. The standard InChI is InChI=1S/C15H17NO/c1-10-8-11(2)14(16)13(9-10)15(17)12-6-4-3-5-7-12/h3-9,15,17H,16H2,1-2H3/t15-/m1/s1. The summed E-state index contributed by atoms with van der Waals surface area (Å²) in [4.78, 5) is 0. The van der Waals surface area contributed by atoms with E-state index in [4.69, 9.17) is 5.73 Å². The molecule has 2 heteroatoms. The molecular formula is C15H17NO. The number of hydrogen-bond donors (Lipinski definition) is 2. The molecular weight excluding hydrogens is 210 g/mol. The van der Waals surface area contributed by atoms with Crippen LogP contribution in [0.5, 0.6) is 0 Å². The molecule has 0 aliphatic rings. The summed E-state index contributed by atoms with van der Waals surface area (Å²) in [6.07, 6.45) is -0.658. The van der Waals surface area contributed by atoms with Crippen molar-refractivity contribution < 1.29 is 5.11 Å². The maximum absolute atomic E-state index is 10.3. The molecule has 0 saturated carbocycles. The van der Waals surface area contributed by atoms with Crippen LogP contribution in [0, 0.1) is 13.8 Å². The largest absolute Gasteiger partial charge is 0.398 e. The molecule has 0 fully saturated rings. The Morgan fingerprint density at radius 2 is 1.71 bits per heavy atom. The molecule has 2 aromatic rings. The summed E-state index contributed by atoms with van der Waals surface area (Å²) in [6, 6.07) is 13.5. The van der Waals surface area contributed by atoms with E-state index in [1.165, 1.54) is 0 Å². The van der Waals surface area contributed by atoms with Crippen LogP contribution >= 0.6 is 0 Å². The molecule has 0 aliphatic carbocycles. The zero-order valence-electron chi connectivity index (χ0n) is 10.1. The molecule has 0 bridgehead atoms. The second-order valence-corrected chi connectivity index (χ2v) is 4.40. The topological polar surface area (TPSA) is 46.2 Å². The molecule has 2 nitrogen and oxygen atoms in total. The molecule has 2 rings (SSSR count). The minimum atomic E-state index is -0.658. The van der Waals surface area contributed by atoms with Crippen LogP contribution in [0.4, 0.5) is 5.69 Å². The summed E-state index contributed by atoms with van der Waals surface area (Å²) in [6.45, 7) is 3.97. The Balaban J connectivity index is 2.48. The van der Waals surface area contributed by atoms with Gasteiger partial charge in [-0.05, 0) is 25.0 Å². The van der Waals surface area contributed by atoms with Crippen molar-refractivity contribution in [2.24, 2.45) is 0 Å². The second kappa shape index (κ2) is 4.60. The van der Waals surface area contributed by atoms with Crippen LogP contribution in [0.15, 0.2) is 42.5 Å². The average Bonchev–Trinajstić information content (AvgIpc) is 2.34. The average molecular weight is 227 g/mol. The van der Waals surface area contributed by atoms with E-state index in [2.05, 4.69) is 0 Å². The van der Waals surface area contributed by atoms with Gasteiger partial charge in [-0.15, -0.1) is 0 Å². The Labute approximate surface area is 102 Å². The summed E-state index contributed by atoms with van der Waals surface area (Å²) in [5.41, 5.74) is 10.5. The minimum Gasteiger partial charge on any atom is -0.398 e. The van der Waals surface area contributed by atoms with E-state index in [1.807, 2.05) is 56.3 Å². The number of nitrogens with two attached hydrogens (primary N) is 1. The number of nitrogen functional groups attached to an aromatic ring is 1. The van der Waals surface area contributed by atoms with E-state index < -0.39 is 6.10 Å². The number of aliphatic hydroxyl groups is 1. The fourth-order valence-corrected chi connectivity index (χ4v) is 2.05. The molecule has 0 amide bonds. The van der Waals surface area contributed by atoms with Crippen LogP contribution in [0.3, 0.4) is 0 Å². The lowest BCUT2D eigenvalue weighted by Crippen LogP contribution is -2.05.